The van der Waals surface area contributed by atoms with Crippen molar-refractivity contribution in [2.24, 2.45) is 0 Å². The van der Waals surface area contributed by atoms with Gasteiger partial charge in [-0.2, -0.15) is 0 Å². The number of aromatic nitrogens is 1. The van der Waals surface area contributed by atoms with Crippen molar-refractivity contribution in [3.8, 4) is 16.9 Å². The van der Waals surface area contributed by atoms with Crippen LogP contribution in [-0.4, -0.2) is 20.5 Å². The summed E-state index contributed by atoms with van der Waals surface area (Å²) in [5.74, 6) is 0.745. The highest BCUT2D eigenvalue weighted by Crippen LogP contribution is 2.27. The average Bonchev–Trinajstić information content (AvgIpc) is 2.53. The second-order valence-electron chi connectivity index (χ2n) is 4.75. The van der Waals surface area contributed by atoms with Crippen molar-refractivity contribution in [1.82, 2.24) is 4.98 Å². The highest BCUT2D eigenvalue weighted by Gasteiger charge is 2.11. The maximum atomic E-state index is 11.4. The first-order valence-electron chi connectivity index (χ1n) is 6.46. The van der Waals surface area contributed by atoms with Gasteiger partial charge in [0, 0.05) is 27.8 Å². The van der Waals surface area contributed by atoms with Gasteiger partial charge in [-0.15, -0.1) is 0 Å². The molecular formula is C16H12ClNO3S. The van der Waals surface area contributed by atoms with Crippen LogP contribution in [0.3, 0.4) is 0 Å². The molecule has 3 rings (SSSR count). The van der Waals surface area contributed by atoms with Crippen molar-refractivity contribution < 1.29 is 13.2 Å². The normalized spacial score (nSPS) is 11.5. The lowest BCUT2D eigenvalue weighted by molar-refractivity contribution is 0.415. The number of methoxy groups -OCH3 is 1. The van der Waals surface area contributed by atoms with Gasteiger partial charge < -0.3 is 4.74 Å². The Hall–Kier alpha value is -2.11. The first-order chi connectivity index (χ1) is 10.5. The summed E-state index contributed by atoms with van der Waals surface area (Å²) in [4.78, 5) is 4.42. The third-order valence-corrected chi connectivity index (χ3v) is 4.69. The summed E-state index contributed by atoms with van der Waals surface area (Å²) in [6, 6.07) is 14.1. The quantitative estimate of drug-likeness (QED) is 0.683. The molecule has 0 aliphatic rings. The standard InChI is InChI=1S/C16H12ClNO3S/c1-21-14-4-2-3-11(8-14)13-7-12-9-15(22(17,19)20)5-6-16(12)18-10-13/h2-10H,1H3. The Balaban J connectivity index is 2.15. The molecule has 0 amide bonds. The molecule has 1 heterocycles. The van der Waals surface area contributed by atoms with Crippen LogP contribution in [0.25, 0.3) is 22.0 Å². The third kappa shape index (κ3) is 2.91. The summed E-state index contributed by atoms with van der Waals surface area (Å²) in [5, 5.41) is 0.710. The molecule has 1 aromatic heterocycles. The van der Waals surface area contributed by atoms with Crippen LogP contribution in [0.15, 0.2) is 59.6 Å². The van der Waals surface area contributed by atoms with E-state index in [1.807, 2.05) is 30.3 Å². The molecule has 0 saturated carbocycles. The van der Waals surface area contributed by atoms with Crippen LogP contribution in [0.2, 0.25) is 0 Å². The maximum absolute atomic E-state index is 11.4. The zero-order valence-electron chi connectivity index (χ0n) is 11.7. The number of ether oxygens (including phenoxy) is 1. The predicted molar refractivity (Wildman–Crippen MR) is 86.8 cm³/mol. The number of rotatable bonds is 3. The van der Waals surface area contributed by atoms with E-state index in [1.165, 1.54) is 12.1 Å². The van der Waals surface area contributed by atoms with Gasteiger partial charge in [-0.3, -0.25) is 4.98 Å². The highest BCUT2D eigenvalue weighted by molar-refractivity contribution is 8.13. The molecule has 112 valence electrons. The van der Waals surface area contributed by atoms with Gasteiger partial charge in [0.1, 0.15) is 5.75 Å². The number of benzene rings is 2. The summed E-state index contributed by atoms with van der Waals surface area (Å²) in [6.45, 7) is 0. The van der Waals surface area contributed by atoms with Crippen LogP contribution < -0.4 is 4.74 Å². The zero-order valence-corrected chi connectivity index (χ0v) is 13.2. The van der Waals surface area contributed by atoms with E-state index < -0.39 is 9.05 Å². The Kier molecular flexibility index (Phi) is 3.76. The van der Waals surface area contributed by atoms with E-state index in [9.17, 15) is 8.42 Å². The molecular weight excluding hydrogens is 322 g/mol. The third-order valence-electron chi connectivity index (χ3n) is 3.34. The Morgan fingerprint density at radius 1 is 1.05 bits per heavy atom. The van der Waals surface area contributed by atoms with E-state index >= 15 is 0 Å². The first kappa shape index (κ1) is 14.8. The van der Waals surface area contributed by atoms with E-state index in [2.05, 4.69) is 4.98 Å². The van der Waals surface area contributed by atoms with Gasteiger partial charge in [0.15, 0.2) is 0 Å². The van der Waals surface area contributed by atoms with Crippen molar-refractivity contribution in [2.75, 3.05) is 7.11 Å². The molecule has 0 N–H and O–H groups in total. The molecule has 0 unspecified atom stereocenters. The molecule has 0 aliphatic carbocycles. The topological polar surface area (TPSA) is 56.3 Å². The fourth-order valence-corrected chi connectivity index (χ4v) is 3.01. The first-order valence-corrected chi connectivity index (χ1v) is 8.77. The summed E-state index contributed by atoms with van der Waals surface area (Å²) in [6.07, 6.45) is 1.74. The predicted octanol–water partition coefficient (Wildman–Crippen LogP) is 3.84. The van der Waals surface area contributed by atoms with Gasteiger partial charge in [-0.25, -0.2) is 8.42 Å². The molecule has 0 atom stereocenters. The van der Waals surface area contributed by atoms with Crippen LogP contribution >= 0.6 is 10.7 Å². The van der Waals surface area contributed by atoms with Crippen LogP contribution in [-0.2, 0) is 9.05 Å². The van der Waals surface area contributed by atoms with Crippen LogP contribution in [0.1, 0.15) is 0 Å². The molecule has 3 aromatic rings. The summed E-state index contributed by atoms with van der Waals surface area (Å²) < 4.78 is 28.1. The highest BCUT2D eigenvalue weighted by atomic mass is 35.7. The Morgan fingerprint density at radius 3 is 2.59 bits per heavy atom. The van der Waals surface area contributed by atoms with E-state index in [0.717, 1.165) is 16.9 Å². The number of hydrogen-bond acceptors (Lipinski definition) is 4. The molecule has 6 heteroatoms. The summed E-state index contributed by atoms with van der Waals surface area (Å²) >= 11 is 0. The van der Waals surface area contributed by atoms with Gasteiger partial charge >= 0.3 is 0 Å². The lowest BCUT2D eigenvalue weighted by Crippen LogP contribution is -1.91. The van der Waals surface area contributed by atoms with Crippen molar-refractivity contribution in [1.29, 1.82) is 0 Å². The van der Waals surface area contributed by atoms with Gasteiger partial charge in [-0.1, -0.05) is 12.1 Å². The molecule has 0 radical (unpaired) electrons. The molecule has 4 nitrogen and oxygen atoms in total. The monoisotopic (exact) mass is 333 g/mol. The minimum atomic E-state index is -3.76. The molecule has 22 heavy (non-hydrogen) atoms. The molecule has 0 bridgehead atoms. The van der Waals surface area contributed by atoms with Crippen molar-refractivity contribution in [3.05, 3.63) is 54.7 Å². The van der Waals surface area contributed by atoms with E-state index in [4.69, 9.17) is 15.4 Å². The summed E-state index contributed by atoms with van der Waals surface area (Å²) in [7, 11) is 3.24. The number of hydrogen-bond donors (Lipinski definition) is 0. The fraction of sp³-hybridized carbons (Fsp3) is 0.0625. The Bertz CT molecular complexity index is 955. The van der Waals surface area contributed by atoms with E-state index in [-0.39, 0.29) is 4.90 Å². The molecule has 2 aromatic carbocycles. The van der Waals surface area contributed by atoms with Gasteiger partial charge in [0.25, 0.3) is 9.05 Å². The minimum absolute atomic E-state index is 0.0614. The molecule has 0 fully saturated rings. The van der Waals surface area contributed by atoms with Gasteiger partial charge in [-0.05, 0) is 42.0 Å². The number of pyridine rings is 1. The van der Waals surface area contributed by atoms with Crippen LogP contribution in [0.4, 0.5) is 0 Å². The fourth-order valence-electron chi connectivity index (χ4n) is 2.22. The van der Waals surface area contributed by atoms with Crippen LogP contribution in [0, 0.1) is 0 Å². The number of halogens is 1. The van der Waals surface area contributed by atoms with Gasteiger partial charge in [0.2, 0.25) is 0 Å². The molecule has 0 aliphatic heterocycles. The van der Waals surface area contributed by atoms with Crippen molar-refractivity contribution in [3.63, 3.8) is 0 Å². The van der Waals surface area contributed by atoms with E-state index in [0.29, 0.717) is 10.9 Å². The zero-order chi connectivity index (χ0) is 15.7. The molecule has 0 saturated heterocycles. The Labute approximate surface area is 132 Å². The van der Waals surface area contributed by atoms with Crippen LogP contribution in [0.5, 0.6) is 5.75 Å². The van der Waals surface area contributed by atoms with Crippen molar-refractivity contribution in [2.45, 2.75) is 4.90 Å². The average molecular weight is 334 g/mol. The van der Waals surface area contributed by atoms with Crippen molar-refractivity contribution >= 4 is 30.6 Å². The lowest BCUT2D eigenvalue weighted by Gasteiger charge is -2.06. The Morgan fingerprint density at radius 2 is 1.86 bits per heavy atom. The number of fused-ring (bicyclic) bond motifs is 1. The minimum Gasteiger partial charge on any atom is -0.497 e. The maximum Gasteiger partial charge on any atom is 0.261 e. The second kappa shape index (κ2) is 5.59. The lowest BCUT2D eigenvalue weighted by atomic mass is 10.1. The van der Waals surface area contributed by atoms with E-state index in [1.54, 1.807) is 19.4 Å². The summed E-state index contributed by atoms with van der Waals surface area (Å²) in [5.41, 5.74) is 2.51. The molecule has 0 spiro atoms. The smallest absolute Gasteiger partial charge is 0.261 e. The number of nitrogens with zero attached hydrogens (tertiary/aromatic N) is 1. The van der Waals surface area contributed by atoms with Gasteiger partial charge in [0.05, 0.1) is 17.5 Å². The largest absolute Gasteiger partial charge is 0.497 e. The SMILES string of the molecule is COc1cccc(-c2cnc3ccc(S(=O)(=O)Cl)cc3c2)c1. The second-order valence-corrected chi connectivity index (χ2v) is 7.31.